The molecule has 0 saturated carbocycles. The molecule has 2 aromatic heterocycles. The molecule has 2 amide bonds. The quantitative estimate of drug-likeness (QED) is 0.428. The first kappa shape index (κ1) is 21.6. The zero-order valence-electron chi connectivity index (χ0n) is 17.8. The Morgan fingerprint density at radius 3 is 2.67 bits per heavy atom. The molecular weight excluding hydrogens is 422 g/mol. The number of nitrogens with one attached hydrogen (secondary N) is 2. The largest absolute Gasteiger partial charge is 0.457 e. The first-order valence-corrected chi connectivity index (χ1v) is 10.2. The van der Waals surface area contributed by atoms with E-state index < -0.39 is 0 Å². The van der Waals surface area contributed by atoms with Crippen LogP contribution in [0.3, 0.4) is 0 Å². The van der Waals surface area contributed by atoms with Gasteiger partial charge in [-0.05, 0) is 58.8 Å². The van der Waals surface area contributed by atoms with Gasteiger partial charge in [0.1, 0.15) is 23.5 Å². The highest BCUT2D eigenvalue weighted by atomic mass is 16.5. The van der Waals surface area contributed by atoms with Crippen molar-refractivity contribution in [1.29, 1.82) is 0 Å². The van der Waals surface area contributed by atoms with Gasteiger partial charge in [0.2, 0.25) is 0 Å². The van der Waals surface area contributed by atoms with Gasteiger partial charge in [-0.2, -0.15) is 0 Å². The van der Waals surface area contributed by atoms with Crippen LogP contribution in [0.1, 0.15) is 26.4 Å². The van der Waals surface area contributed by atoms with E-state index in [0.717, 1.165) is 5.56 Å². The summed E-state index contributed by atoms with van der Waals surface area (Å²) < 4.78 is 7.36. The zero-order valence-corrected chi connectivity index (χ0v) is 17.8. The monoisotopic (exact) mass is 443 g/mol. The molecule has 0 saturated heterocycles. The number of carbonyl (C=O) groups excluding carboxylic acids is 2. The molecule has 0 spiro atoms. The third-order valence-electron chi connectivity index (χ3n) is 4.75. The number of amides is 2. The van der Waals surface area contributed by atoms with Crippen LogP contribution in [-0.4, -0.2) is 50.6 Å². The topological polar surface area (TPSA) is 124 Å². The minimum Gasteiger partial charge on any atom is -0.457 e. The number of hydrogen-bond acceptors (Lipinski definition) is 7. The Bertz CT molecular complexity index is 1260. The molecular formula is C23H21N7O3. The van der Waals surface area contributed by atoms with E-state index in [-0.39, 0.29) is 17.5 Å². The molecule has 166 valence electrons. The van der Waals surface area contributed by atoms with E-state index in [1.807, 2.05) is 30.3 Å². The molecule has 0 unspecified atom stereocenters. The second kappa shape index (κ2) is 10.1. The molecule has 2 N–H and O–H groups in total. The van der Waals surface area contributed by atoms with Gasteiger partial charge in [-0.25, -0.2) is 4.68 Å². The van der Waals surface area contributed by atoms with Gasteiger partial charge < -0.3 is 15.4 Å². The molecule has 0 aliphatic rings. The number of pyridine rings is 1. The Morgan fingerprint density at radius 1 is 1.00 bits per heavy atom. The van der Waals surface area contributed by atoms with E-state index in [1.54, 1.807) is 37.4 Å². The summed E-state index contributed by atoms with van der Waals surface area (Å²) >= 11 is 0. The molecule has 4 aromatic rings. The van der Waals surface area contributed by atoms with E-state index in [2.05, 4.69) is 31.1 Å². The van der Waals surface area contributed by atoms with Gasteiger partial charge in [-0.3, -0.25) is 14.6 Å². The van der Waals surface area contributed by atoms with Gasteiger partial charge in [-0.15, -0.1) is 5.10 Å². The number of aromatic nitrogens is 5. The van der Waals surface area contributed by atoms with Crippen LogP contribution in [0.15, 0.2) is 73.2 Å². The highest BCUT2D eigenvalue weighted by Crippen LogP contribution is 2.22. The van der Waals surface area contributed by atoms with Crippen LogP contribution in [0.2, 0.25) is 0 Å². The van der Waals surface area contributed by atoms with E-state index in [4.69, 9.17) is 4.74 Å². The van der Waals surface area contributed by atoms with Crippen molar-refractivity contribution in [3.63, 3.8) is 0 Å². The van der Waals surface area contributed by atoms with Gasteiger partial charge in [0, 0.05) is 31.4 Å². The average Bonchev–Trinajstić information content (AvgIpc) is 3.39. The Labute approximate surface area is 189 Å². The zero-order chi connectivity index (χ0) is 23.0. The summed E-state index contributed by atoms with van der Waals surface area (Å²) in [6.07, 6.45) is 3.61. The summed E-state index contributed by atoms with van der Waals surface area (Å²) in [5.74, 6) is 0.669. The SMILES string of the molecule is CNC(=O)c1cc(Oc2cccc(CCNC(=O)c3cccc(-n4cnnn4)c3)c2)ccn1. The lowest BCUT2D eigenvalue weighted by Gasteiger charge is -2.10. The number of rotatable bonds is 8. The second-order valence-electron chi connectivity index (χ2n) is 7.02. The van der Waals surface area contributed by atoms with E-state index >= 15 is 0 Å². The van der Waals surface area contributed by atoms with Crippen LogP contribution in [0, 0.1) is 0 Å². The minimum absolute atomic E-state index is 0.184. The summed E-state index contributed by atoms with van der Waals surface area (Å²) in [5, 5.41) is 16.5. The van der Waals surface area contributed by atoms with Crippen molar-refractivity contribution in [2.45, 2.75) is 6.42 Å². The lowest BCUT2D eigenvalue weighted by Crippen LogP contribution is -2.25. The fourth-order valence-electron chi connectivity index (χ4n) is 3.12. The molecule has 0 atom stereocenters. The van der Waals surface area contributed by atoms with Crippen molar-refractivity contribution in [3.05, 3.63) is 90.0 Å². The third kappa shape index (κ3) is 5.56. The fourth-order valence-corrected chi connectivity index (χ4v) is 3.12. The van der Waals surface area contributed by atoms with Crippen molar-refractivity contribution >= 4 is 11.8 Å². The lowest BCUT2D eigenvalue weighted by molar-refractivity contribution is 0.0947. The molecule has 33 heavy (non-hydrogen) atoms. The van der Waals surface area contributed by atoms with Crippen LogP contribution in [0.5, 0.6) is 11.5 Å². The summed E-state index contributed by atoms with van der Waals surface area (Å²) in [7, 11) is 1.55. The maximum Gasteiger partial charge on any atom is 0.269 e. The molecule has 10 nitrogen and oxygen atoms in total. The molecule has 0 bridgehead atoms. The third-order valence-corrected chi connectivity index (χ3v) is 4.75. The van der Waals surface area contributed by atoms with Crippen molar-refractivity contribution in [3.8, 4) is 17.2 Å². The van der Waals surface area contributed by atoms with Crippen molar-refractivity contribution in [2.75, 3.05) is 13.6 Å². The van der Waals surface area contributed by atoms with Crippen molar-refractivity contribution in [1.82, 2.24) is 35.8 Å². The van der Waals surface area contributed by atoms with Crippen LogP contribution in [0.25, 0.3) is 5.69 Å². The molecule has 10 heteroatoms. The molecule has 0 fully saturated rings. The molecule has 2 aromatic carbocycles. The number of nitrogens with zero attached hydrogens (tertiary/aromatic N) is 5. The Kier molecular flexibility index (Phi) is 6.64. The number of hydrogen-bond donors (Lipinski definition) is 2. The normalized spacial score (nSPS) is 10.5. The van der Waals surface area contributed by atoms with E-state index in [1.165, 1.54) is 17.2 Å². The van der Waals surface area contributed by atoms with E-state index in [0.29, 0.717) is 35.7 Å². The Morgan fingerprint density at radius 2 is 1.85 bits per heavy atom. The average molecular weight is 443 g/mol. The van der Waals surface area contributed by atoms with Gasteiger partial charge in [-0.1, -0.05) is 18.2 Å². The Balaban J connectivity index is 1.34. The number of benzene rings is 2. The van der Waals surface area contributed by atoms with Gasteiger partial charge >= 0.3 is 0 Å². The molecule has 0 radical (unpaired) electrons. The summed E-state index contributed by atoms with van der Waals surface area (Å²) in [5.41, 5.74) is 2.49. The first-order valence-electron chi connectivity index (χ1n) is 10.2. The second-order valence-corrected chi connectivity index (χ2v) is 7.02. The standard InChI is InChI=1S/C23H21N7O3/c1-24-23(32)21-14-20(9-11-25-21)33-19-7-2-4-16(12-19)8-10-26-22(31)17-5-3-6-18(13-17)30-15-27-28-29-30/h2-7,9,11-15H,8,10H2,1H3,(H,24,32)(H,26,31). The molecule has 0 aliphatic carbocycles. The van der Waals surface area contributed by atoms with E-state index in [9.17, 15) is 9.59 Å². The van der Waals surface area contributed by atoms with Crippen molar-refractivity contribution < 1.29 is 14.3 Å². The van der Waals surface area contributed by atoms with Crippen LogP contribution in [0.4, 0.5) is 0 Å². The van der Waals surface area contributed by atoms with Crippen LogP contribution >= 0.6 is 0 Å². The predicted molar refractivity (Wildman–Crippen MR) is 119 cm³/mol. The van der Waals surface area contributed by atoms with Crippen LogP contribution < -0.4 is 15.4 Å². The summed E-state index contributed by atoms with van der Waals surface area (Å²) in [6.45, 7) is 0.452. The molecule has 4 rings (SSSR count). The predicted octanol–water partition coefficient (Wildman–Crippen LogP) is 2.18. The number of tetrazole rings is 1. The van der Waals surface area contributed by atoms with Crippen molar-refractivity contribution in [2.24, 2.45) is 0 Å². The lowest BCUT2D eigenvalue weighted by atomic mass is 10.1. The maximum absolute atomic E-state index is 12.5. The number of ether oxygens (including phenoxy) is 1. The smallest absolute Gasteiger partial charge is 0.269 e. The first-order chi connectivity index (χ1) is 16.1. The summed E-state index contributed by atoms with van der Waals surface area (Å²) in [4.78, 5) is 28.3. The summed E-state index contributed by atoms with van der Waals surface area (Å²) in [6, 6.07) is 17.9. The number of carbonyl (C=O) groups is 2. The minimum atomic E-state index is -0.284. The molecule has 0 aliphatic heterocycles. The van der Waals surface area contributed by atoms with Crippen LogP contribution in [-0.2, 0) is 6.42 Å². The maximum atomic E-state index is 12.5. The van der Waals surface area contributed by atoms with Gasteiger partial charge in [0.25, 0.3) is 11.8 Å². The van der Waals surface area contributed by atoms with Gasteiger partial charge in [0.15, 0.2) is 0 Å². The Hall–Kier alpha value is -4.60. The highest BCUT2D eigenvalue weighted by Gasteiger charge is 2.09. The molecule has 2 heterocycles. The fraction of sp³-hybridized carbons (Fsp3) is 0.130. The highest BCUT2D eigenvalue weighted by molar-refractivity contribution is 5.94. The van der Waals surface area contributed by atoms with Gasteiger partial charge in [0.05, 0.1) is 5.69 Å².